The Kier molecular flexibility index (Phi) is 8.71. The number of halogens is 2. The molecule has 1 aliphatic heterocycles. The number of hydrogen-bond donors (Lipinski definition) is 1. The lowest BCUT2D eigenvalue weighted by molar-refractivity contribution is -0.709. The molecule has 1 unspecified atom stereocenters. The summed E-state index contributed by atoms with van der Waals surface area (Å²) >= 11 is 0. The standard InChI is InChI=1S/C23H26F2N10O7/c1-29-5-7-32(8-6-29)35(41)28-42-22-11-19(20(33(37)38)10-21(22)34(39)40)30(2)12-23(36,13-31-15-26-14-27-31)17-4-3-16(24)9-18(17)25/h3-4,9-11,14-15,36H,5-8,12-13H2,1-2H3/b35-28-. The molecule has 1 atom stereocenters. The molecule has 2 aromatic carbocycles. The number of hydrogen-bond acceptors (Lipinski definition) is 12. The monoisotopic (exact) mass is 592 g/mol. The summed E-state index contributed by atoms with van der Waals surface area (Å²) in [6.07, 6.45) is 2.41. The second-order valence-electron chi connectivity index (χ2n) is 9.61. The Bertz CT molecular complexity index is 1480. The Balaban J connectivity index is 1.72. The Labute approximate surface area is 236 Å². The SMILES string of the molecule is CN1CCN(/[N+]([O-])=N/Oc2cc(N(C)CC(O)(Cn3cncn3)c3ccc(F)cc3F)c([N+](=O)[O-])cc2[N+](=O)[O-])CC1. The van der Waals surface area contributed by atoms with Crippen LogP contribution in [-0.2, 0) is 12.1 Å². The average Bonchev–Trinajstić information content (AvgIpc) is 3.43. The third-order valence-corrected chi connectivity index (χ3v) is 6.61. The van der Waals surface area contributed by atoms with Gasteiger partial charge in [0.15, 0.2) is 0 Å². The summed E-state index contributed by atoms with van der Waals surface area (Å²) in [4.78, 5) is 34.0. The molecule has 0 spiro atoms. The van der Waals surface area contributed by atoms with E-state index in [-0.39, 0.29) is 16.2 Å². The summed E-state index contributed by atoms with van der Waals surface area (Å²) in [5.74, 6) is -2.59. The molecule has 19 heteroatoms. The van der Waals surface area contributed by atoms with Crippen LogP contribution in [0.25, 0.3) is 0 Å². The second kappa shape index (κ2) is 12.2. The van der Waals surface area contributed by atoms with E-state index < -0.39 is 57.3 Å². The number of rotatable bonds is 11. The van der Waals surface area contributed by atoms with Gasteiger partial charge < -0.3 is 20.1 Å². The predicted octanol–water partition coefficient (Wildman–Crippen LogP) is 1.82. The zero-order valence-corrected chi connectivity index (χ0v) is 22.4. The normalized spacial score (nSPS) is 15.7. The number of nitro groups is 2. The van der Waals surface area contributed by atoms with Gasteiger partial charge in [0, 0.05) is 37.8 Å². The molecule has 1 N–H and O–H groups in total. The number of aromatic nitrogens is 3. The maximum absolute atomic E-state index is 14.9. The summed E-state index contributed by atoms with van der Waals surface area (Å²) in [6, 6.07) is 4.05. The van der Waals surface area contributed by atoms with Gasteiger partial charge in [-0.25, -0.2) is 18.4 Å². The first-order valence-corrected chi connectivity index (χ1v) is 12.3. The van der Waals surface area contributed by atoms with Crippen LogP contribution >= 0.6 is 0 Å². The first-order valence-electron chi connectivity index (χ1n) is 12.3. The van der Waals surface area contributed by atoms with Crippen LogP contribution in [0.15, 0.2) is 48.3 Å². The van der Waals surface area contributed by atoms with Crippen LogP contribution < -0.4 is 9.74 Å². The van der Waals surface area contributed by atoms with E-state index in [2.05, 4.69) is 15.4 Å². The fourth-order valence-corrected chi connectivity index (χ4v) is 4.46. The molecule has 0 bridgehead atoms. The van der Waals surface area contributed by atoms with Crippen LogP contribution in [0.2, 0.25) is 0 Å². The fraction of sp³-hybridized carbons (Fsp3) is 0.391. The Morgan fingerprint density at radius 2 is 1.79 bits per heavy atom. The molecule has 17 nitrogen and oxygen atoms in total. The van der Waals surface area contributed by atoms with Gasteiger partial charge >= 0.3 is 5.69 Å². The van der Waals surface area contributed by atoms with Crippen molar-refractivity contribution in [2.45, 2.75) is 12.1 Å². The third kappa shape index (κ3) is 6.63. The third-order valence-electron chi connectivity index (χ3n) is 6.61. The van der Waals surface area contributed by atoms with Gasteiger partial charge in [0.1, 0.15) is 41.6 Å². The molecule has 0 amide bonds. The van der Waals surface area contributed by atoms with Crippen molar-refractivity contribution in [2.75, 3.05) is 51.7 Å². The van der Waals surface area contributed by atoms with E-state index in [0.29, 0.717) is 38.3 Å². The topological polar surface area (TPSA) is 195 Å². The highest BCUT2D eigenvalue weighted by molar-refractivity contribution is 5.71. The van der Waals surface area contributed by atoms with Crippen molar-refractivity contribution in [2.24, 2.45) is 5.28 Å². The van der Waals surface area contributed by atoms with Gasteiger partial charge in [-0.05, 0) is 13.1 Å². The molecule has 224 valence electrons. The number of nitrogens with zero attached hydrogens (tertiary/aromatic N) is 10. The van der Waals surface area contributed by atoms with Crippen molar-refractivity contribution in [3.63, 3.8) is 0 Å². The van der Waals surface area contributed by atoms with Crippen molar-refractivity contribution in [3.05, 3.63) is 85.6 Å². The Hall–Kier alpha value is -5.04. The molecule has 42 heavy (non-hydrogen) atoms. The molecule has 0 saturated carbocycles. The number of aliphatic hydroxyl groups is 1. The van der Waals surface area contributed by atoms with E-state index >= 15 is 0 Å². The molecule has 0 radical (unpaired) electrons. The van der Waals surface area contributed by atoms with E-state index in [1.54, 1.807) is 0 Å². The van der Waals surface area contributed by atoms with Crippen molar-refractivity contribution in [3.8, 4) is 5.75 Å². The molecular weight excluding hydrogens is 566 g/mol. The van der Waals surface area contributed by atoms with E-state index in [4.69, 9.17) is 4.84 Å². The first kappa shape index (κ1) is 29.9. The minimum absolute atomic E-state index is 0.135. The number of hydrazine groups is 1. The molecule has 3 aromatic rings. The van der Waals surface area contributed by atoms with Crippen molar-refractivity contribution in [1.82, 2.24) is 24.7 Å². The molecule has 4 rings (SSSR count). The van der Waals surface area contributed by atoms with Gasteiger partial charge in [-0.3, -0.25) is 25.1 Å². The Morgan fingerprint density at radius 3 is 2.38 bits per heavy atom. The van der Waals surface area contributed by atoms with Gasteiger partial charge in [-0.15, -0.1) is 5.01 Å². The lowest BCUT2D eigenvalue weighted by Crippen LogP contribution is -2.47. The minimum Gasteiger partial charge on any atom is -0.569 e. The van der Waals surface area contributed by atoms with Gasteiger partial charge in [-0.2, -0.15) is 5.10 Å². The number of anilines is 1. The van der Waals surface area contributed by atoms with Crippen LogP contribution in [0.1, 0.15) is 5.56 Å². The molecule has 1 aliphatic rings. The number of benzene rings is 2. The van der Waals surface area contributed by atoms with Gasteiger partial charge in [0.05, 0.1) is 41.0 Å². The molecule has 1 fully saturated rings. The fourth-order valence-electron chi connectivity index (χ4n) is 4.46. The van der Waals surface area contributed by atoms with Crippen LogP contribution in [0, 0.1) is 37.1 Å². The van der Waals surface area contributed by atoms with E-state index in [1.165, 1.54) is 29.4 Å². The largest absolute Gasteiger partial charge is 0.569 e. The van der Waals surface area contributed by atoms with E-state index in [0.717, 1.165) is 23.1 Å². The highest BCUT2D eigenvalue weighted by atomic mass is 19.1. The summed E-state index contributed by atoms with van der Waals surface area (Å²) in [5.41, 5.74) is -4.42. The lowest BCUT2D eigenvalue weighted by Gasteiger charge is -2.34. The van der Waals surface area contributed by atoms with Gasteiger partial charge in [0.25, 0.3) is 5.69 Å². The summed E-state index contributed by atoms with van der Waals surface area (Å²) in [5, 5.41) is 56.4. The van der Waals surface area contributed by atoms with Crippen LogP contribution in [0.3, 0.4) is 0 Å². The van der Waals surface area contributed by atoms with E-state index in [1.807, 2.05) is 11.9 Å². The maximum Gasteiger partial charge on any atom is 0.321 e. The second-order valence-corrected chi connectivity index (χ2v) is 9.61. The highest BCUT2D eigenvalue weighted by Gasteiger charge is 2.37. The first-order chi connectivity index (χ1) is 19.9. The summed E-state index contributed by atoms with van der Waals surface area (Å²) < 4.78 is 29.7. The molecule has 0 aliphatic carbocycles. The molecule has 1 saturated heterocycles. The highest BCUT2D eigenvalue weighted by Crippen LogP contribution is 2.40. The number of nitro benzene ring substituents is 2. The van der Waals surface area contributed by atoms with Crippen LogP contribution in [0.4, 0.5) is 25.8 Å². The van der Waals surface area contributed by atoms with Crippen molar-refractivity contribution < 1.29 is 33.5 Å². The van der Waals surface area contributed by atoms with E-state index in [9.17, 15) is 39.3 Å². The molecular formula is C23H26F2N10O7. The predicted molar refractivity (Wildman–Crippen MR) is 139 cm³/mol. The number of likely N-dealkylation sites (N-methyl/N-ethyl adjacent to an activating group) is 2. The maximum atomic E-state index is 14.9. The summed E-state index contributed by atoms with van der Waals surface area (Å²) in [6.45, 7) is 0.788. The van der Waals surface area contributed by atoms with Crippen molar-refractivity contribution in [1.29, 1.82) is 0 Å². The Morgan fingerprint density at radius 1 is 1.10 bits per heavy atom. The lowest BCUT2D eigenvalue weighted by atomic mass is 9.92. The number of piperazine rings is 1. The smallest absolute Gasteiger partial charge is 0.321 e. The zero-order chi connectivity index (χ0) is 30.6. The van der Waals surface area contributed by atoms with Gasteiger partial charge in [0.2, 0.25) is 11.0 Å². The average molecular weight is 593 g/mol. The van der Waals surface area contributed by atoms with Crippen LogP contribution in [0.5, 0.6) is 5.75 Å². The quantitative estimate of drug-likeness (QED) is 0.147. The zero-order valence-electron chi connectivity index (χ0n) is 22.4. The van der Waals surface area contributed by atoms with Gasteiger partial charge in [-0.1, -0.05) is 6.07 Å². The minimum atomic E-state index is -2.17. The van der Waals surface area contributed by atoms with Crippen molar-refractivity contribution >= 4 is 17.1 Å². The molecule has 2 heterocycles. The molecule has 1 aromatic heterocycles. The summed E-state index contributed by atoms with van der Waals surface area (Å²) in [7, 11) is 3.17. The van der Waals surface area contributed by atoms with Crippen LogP contribution in [-0.4, -0.2) is 91.4 Å².